The van der Waals surface area contributed by atoms with E-state index < -0.39 is 0 Å². The third-order valence-corrected chi connectivity index (χ3v) is 5.59. The standard InChI is InChI=1S/C23H21N3O2/c27-22(25-11-5-6-12-25)15-26-14-16(17-7-2-4-10-21(17)26)13-19-18-8-1-3-9-20(18)24-23(19)28/h1-4,7-10,13-14H,5-6,11-12,15H2,(H,24,28)/b19-13-. The summed E-state index contributed by atoms with van der Waals surface area (Å²) in [6, 6.07) is 15.7. The van der Waals surface area contributed by atoms with Crippen LogP contribution in [0, 0.1) is 0 Å². The molecule has 0 saturated carbocycles. The summed E-state index contributed by atoms with van der Waals surface area (Å²) in [6.45, 7) is 2.03. The maximum atomic E-state index is 12.7. The number of hydrogen-bond donors (Lipinski definition) is 1. The molecule has 3 heterocycles. The highest BCUT2D eigenvalue weighted by Crippen LogP contribution is 2.34. The van der Waals surface area contributed by atoms with Gasteiger partial charge in [-0.15, -0.1) is 0 Å². The highest BCUT2D eigenvalue weighted by Gasteiger charge is 2.24. The molecule has 140 valence electrons. The van der Waals surface area contributed by atoms with Gasteiger partial charge in [-0.2, -0.15) is 0 Å². The number of anilines is 1. The first kappa shape index (κ1) is 16.8. The molecule has 2 aliphatic rings. The van der Waals surface area contributed by atoms with Gasteiger partial charge in [0.15, 0.2) is 0 Å². The van der Waals surface area contributed by atoms with Crippen molar-refractivity contribution < 1.29 is 9.59 Å². The lowest BCUT2D eigenvalue weighted by Crippen LogP contribution is -2.30. The molecule has 0 atom stereocenters. The minimum Gasteiger partial charge on any atom is -0.341 e. The second kappa shape index (κ2) is 6.68. The highest BCUT2D eigenvalue weighted by molar-refractivity contribution is 6.35. The molecular weight excluding hydrogens is 350 g/mol. The van der Waals surface area contributed by atoms with E-state index in [-0.39, 0.29) is 11.8 Å². The Morgan fingerprint density at radius 3 is 2.64 bits per heavy atom. The second-order valence-corrected chi connectivity index (χ2v) is 7.38. The van der Waals surface area contributed by atoms with E-state index in [9.17, 15) is 9.59 Å². The Kier molecular flexibility index (Phi) is 4.01. The first-order valence-corrected chi connectivity index (χ1v) is 9.69. The average molecular weight is 371 g/mol. The third-order valence-electron chi connectivity index (χ3n) is 5.59. The van der Waals surface area contributed by atoms with Crippen molar-refractivity contribution in [2.75, 3.05) is 18.4 Å². The lowest BCUT2D eigenvalue weighted by molar-refractivity contribution is -0.130. The normalized spacial score (nSPS) is 17.4. The summed E-state index contributed by atoms with van der Waals surface area (Å²) < 4.78 is 2.00. The van der Waals surface area contributed by atoms with Crippen molar-refractivity contribution in [1.29, 1.82) is 0 Å². The van der Waals surface area contributed by atoms with Gasteiger partial charge in [-0.25, -0.2) is 0 Å². The number of likely N-dealkylation sites (tertiary alicyclic amines) is 1. The van der Waals surface area contributed by atoms with E-state index in [0.29, 0.717) is 12.1 Å². The molecule has 0 unspecified atom stereocenters. The Labute approximate surface area is 163 Å². The molecule has 5 nitrogen and oxygen atoms in total. The second-order valence-electron chi connectivity index (χ2n) is 7.38. The summed E-state index contributed by atoms with van der Waals surface area (Å²) >= 11 is 0. The van der Waals surface area contributed by atoms with Crippen LogP contribution in [0.4, 0.5) is 5.69 Å². The number of rotatable bonds is 3. The van der Waals surface area contributed by atoms with E-state index in [1.807, 2.05) is 70.3 Å². The van der Waals surface area contributed by atoms with Crippen LogP contribution in [0.2, 0.25) is 0 Å². The lowest BCUT2D eigenvalue weighted by Gasteiger charge is -2.15. The van der Waals surface area contributed by atoms with Gasteiger partial charge in [-0.05, 0) is 31.1 Å². The van der Waals surface area contributed by atoms with Gasteiger partial charge in [-0.3, -0.25) is 9.59 Å². The summed E-state index contributed by atoms with van der Waals surface area (Å²) in [5.41, 5.74) is 4.37. The van der Waals surface area contributed by atoms with Crippen molar-refractivity contribution >= 4 is 40.1 Å². The molecule has 1 saturated heterocycles. The predicted molar refractivity (Wildman–Crippen MR) is 111 cm³/mol. The molecule has 2 aliphatic heterocycles. The van der Waals surface area contributed by atoms with E-state index in [2.05, 4.69) is 5.32 Å². The highest BCUT2D eigenvalue weighted by atomic mass is 16.2. The summed E-state index contributed by atoms with van der Waals surface area (Å²) in [6.07, 6.45) is 6.09. The summed E-state index contributed by atoms with van der Waals surface area (Å²) in [7, 11) is 0. The van der Waals surface area contributed by atoms with Crippen LogP contribution in [-0.2, 0) is 16.1 Å². The first-order chi connectivity index (χ1) is 13.7. The van der Waals surface area contributed by atoms with Crippen molar-refractivity contribution in [3.8, 4) is 0 Å². The van der Waals surface area contributed by atoms with Crippen LogP contribution in [0.1, 0.15) is 24.0 Å². The average Bonchev–Trinajstić information content (AvgIpc) is 3.42. The van der Waals surface area contributed by atoms with Gasteiger partial charge in [0.05, 0.1) is 0 Å². The summed E-state index contributed by atoms with van der Waals surface area (Å²) in [5, 5.41) is 3.96. The van der Waals surface area contributed by atoms with E-state index in [0.717, 1.165) is 53.6 Å². The molecule has 2 amide bonds. The number of amides is 2. The molecule has 0 spiro atoms. The van der Waals surface area contributed by atoms with Crippen molar-refractivity contribution in [3.63, 3.8) is 0 Å². The molecule has 1 fully saturated rings. The Hall–Kier alpha value is -3.34. The maximum absolute atomic E-state index is 12.7. The fraction of sp³-hybridized carbons (Fsp3) is 0.217. The smallest absolute Gasteiger partial charge is 0.256 e. The number of para-hydroxylation sites is 2. The molecule has 0 radical (unpaired) electrons. The molecule has 0 bridgehead atoms. The summed E-state index contributed by atoms with van der Waals surface area (Å²) in [4.78, 5) is 27.1. The number of nitrogens with one attached hydrogen (secondary N) is 1. The number of hydrogen-bond acceptors (Lipinski definition) is 2. The van der Waals surface area contributed by atoms with Crippen LogP contribution < -0.4 is 5.32 Å². The van der Waals surface area contributed by atoms with Gasteiger partial charge in [0, 0.05) is 52.6 Å². The zero-order valence-corrected chi connectivity index (χ0v) is 15.5. The van der Waals surface area contributed by atoms with Gasteiger partial charge < -0.3 is 14.8 Å². The predicted octanol–water partition coefficient (Wildman–Crippen LogP) is 3.76. The number of carbonyl (C=O) groups excluding carboxylic acids is 2. The number of nitrogens with zero attached hydrogens (tertiary/aromatic N) is 2. The number of carbonyl (C=O) groups is 2. The fourth-order valence-electron chi connectivity index (χ4n) is 4.17. The molecule has 1 N–H and O–H groups in total. The largest absolute Gasteiger partial charge is 0.341 e. The molecule has 5 heteroatoms. The summed E-state index contributed by atoms with van der Waals surface area (Å²) in [5.74, 6) is 0.0626. The Bertz CT molecular complexity index is 1120. The van der Waals surface area contributed by atoms with Crippen molar-refractivity contribution in [1.82, 2.24) is 9.47 Å². The van der Waals surface area contributed by atoms with Crippen molar-refractivity contribution in [2.45, 2.75) is 19.4 Å². The van der Waals surface area contributed by atoms with Gasteiger partial charge >= 0.3 is 0 Å². The van der Waals surface area contributed by atoms with Gasteiger partial charge in [0.1, 0.15) is 6.54 Å². The monoisotopic (exact) mass is 371 g/mol. The molecule has 5 rings (SSSR count). The van der Waals surface area contributed by atoms with Crippen LogP contribution in [-0.4, -0.2) is 34.4 Å². The Morgan fingerprint density at radius 1 is 1.04 bits per heavy atom. The Morgan fingerprint density at radius 2 is 1.79 bits per heavy atom. The zero-order chi connectivity index (χ0) is 19.1. The van der Waals surface area contributed by atoms with E-state index >= 15 is 0 Å². The molecule has 3 aromatic rings. The van der Waals surface area contributed by atoms with Crippen molar-refractivity contribution in [3.05, 3.63) is 65.9 Å². The topological polar surface area (TPSA) is 54.3 Å². The van der Waals surface area contributed by atoms with Crippen LogP contribution in [0.15, 0.2) is 54.7 Å². The van der Waals surface area contributed by atoms with Gasteiger partial charge in [-0.1, -0.05) is 36.4 Å². The van der Waals surface area contributed by atoms with Crippen LogP contribution >= 0.6 is 0 Å². The van der Waals surface area contributed by atoms with Crippen molar-refractivity contribution in [2.24, 2.45) is 0 Å². The molecule has 2 aromatic carbocycles. The number of benzene rings is 2. The number of aromatic nitrogens is 1. The lowest BCUT2D eigenvalue weighted by atomic mass is 10.0. The van der Waals surface area contributed by atoms with Gasteiger partial charge in [0.25, 0.3) is 5.91 Å². The molecular formula is C23H21N3O2. The quantitative estimate of drug-likeness (QED) is 0.713. The first-order valence-electron chi connectivity index (χ1n) is 9.69. The molecule has 1 aromatic heterocycles. The van der Waals surface area contributed by atoms with E-state index in [1.54, 1.807) is 0 Å². The minimum absolute atomic E-state index is 0.0915. The molecule has 0 aliphatic carbocycles. The van der Waals surface area contributed by atoms with Crippen LogP contribution in [0.3, 0.4) is 0 Å². The minimum atomic E-state index is -0.0915. The van der Waals surface area contributed by atoms with Crippen LogP contribution in [0.25, 0.3) is 22.6 Å². The maximum Gasteiger partial charge on any atom is 0.256 e. The zero-order valence-electron chi connectivity index (χ0n) is 15.5. The number of fused-ring (bicyclic) bond motifs is 2. The molecule has 28 heavy (non-hydrogen) atoms. The third kappa shape index (κ3) is 2.80. The van der Waals surface area contributed by atoms with Gasteiger partial charge in [0.2, 0.25) is 5.91 Å². The van der Waals surface area contributed by atoms with E-state index in [4.69, 9.17) is 0 Å². The Balaban J connectivity index is 1.56. The van der Waals surface area contributed by atoms with E-state index in [1.165, 1.54) is 0 Å². The van der Waals surface area contributed by atoms with Crippen LogP contribution in [0.5, 0.6) is 0 Å². The SMILES string of the molecule is O=C1Nc2ccccc2/C1=C/c1cn(CC(=O)N2CCCC2)c2ccccc12. The fourth-order valence-corrected chi connectivity index (χ4v) is 4.17.